The topological polar surface area (TPSA) is 84.4 Å². The third kappa shape index (κ3) is 3.41. The van der Waals surface area contributed by atoms with Gasteiger partial charge in [0, 0.05) is 18.3 Å². The largest absolute Gasteiger partial charge is 0.389 e. The van der Waals surface area contributed by atoms with Gasteiger partial charge in [0.25, 0.3) is 0 Å². The highest BCUT2D eigenvalue weighted by molar-refractivity contribution is 5.56. The number of aliphatic hydroxyl groups excluding tert-OH is 1. The second-order valence-corrected chi connectivity index (χ2v) is 6.21. The van der Waals surface area contributed by atoms with Crippen LogP contribution < -0.4 is 4.90 Å². The molecule has 2 heterocycles. The molecule has 0 aliphatic carbocycles. The molecule has 1 aliphatic rings. The van der Waals surface area contributed by atoms with E-state index in [0.29, 0.717) is 12.6 Å². The van der Waals surface area contributed by atoms with E-state index < -0.39 is 11.0 Å². The molecule has 1 N–H and O–H groups in total. The van der Waals surface area contributed by atoms with Gasteiger partial charge in [-0.15, -0.1) is 0 Å². The number of hydrogen-bond donors (Lipinski definition) is 1. The minimum absolute atomic E-state index is 0.0584. The number of rotatable bonds is 6. The average molecular weight is 330 g/mol. The molecule has 2 unspecified atom stereocenters. The monoisotopic (exact) mass is 330 g/mol. The zero-order chi connectivity index (χ0) is 17.1. The number of aryl methyl sites for hydroxylation is 1. The van der Waals surface area contributed by atoms with Gasteiger partial charge in [0.1, 0.15) is 12.4 Å². The van der Waals surface area contributed by atoms with E-state index in [4.69, 9.17) is 0 Å². The molecule has 0 radical (unpaired) electrons. The van der Waals surface area contributed by atoms with Crippen molar-refractivity contribution in [2.24, 2.45) is 0 Å². The molecule has 2 atom stereocenters. The minimum Gasteiger partial charge on any atom is -0.389 e. The van der Waals surface area contributed by atoms with Gasteiger partial charge in [0.15, 0.2) is 0 Å². The molecule has 7 nitrogen and oxygen atoms in total. The number of aromatic nitrogens is 2. The van der Waals surface area contributed by atoms with Crippen LogP contribution >= 0.6 is 0 Å². The molecule has 0 fully saturated rings. The van der Waals surface area contributed by atoms with Crippen LogP contribution in [0.15, 0.2) is 36.7 Å². The molecule has 0 saturated heterocycles. The number of fused-ring (bicyclic) bond motifs is 1. The number of hydrogen-bond acceptors (Lipinski definition) is 5. The first-order chi connectivity index (χ1) is 11.6. The first-order valence-electron chi connectivity index (χ1n) is 8.28. The van der Waals surface area contributed by atoms with Crippen LogP contribution in [0.5, 0.6) is 0 Å². The molecule has 1 aliphatic heterocycles. The number of anilines is 1. The molecular weight excluding hydrogens is 308 g/mol. The summed E-state index contributed by atoms with van der Waals surface area (Å²) in [5.74, 6) is 0. The van der Waals surface area contributed by atoms with Crippen molar-refractivity contribution in [1.29, 1.82) is 0 Å². The van der Waals surface area contributed by atoms with Gasteiger partial charge in [0.2, 0.25) is 0 Å². The number of β-amino-alcohol motifs (C(OH)–C–C–N with tert-alkyl or cyclic N) is 1. The zero-order valence-corrected chi connectivity index (χ0v) is 13.7. The number of benzene rings is 1. The second-order valence-electron chi connectivity index (χ2n) is 6.21. The summed E-state index contributed by atoms with van der Waals surface area (Å²) in [6.45, 7) is 2.89. The molecule has 0 spiro atoms. The lowest BCUT2D eigenvalue weighted by molar-refractivity contribution is -0.385. The molecule has 0 bridgehead atoms. The van der Waals surface area contributed by atoms with E-state index in [-0.39, 0.29) is 12.2 Å². The number of nitrogens with zero attached hydrogens (tertiary/aromatic N) is 4. The highest BCUT2D eigenvalue weighted by Gasteiger charge is 2.26. The maximum atomic E-state index is 10.7. The fourth-order valence-corrected chi connectivity index (χ4v) is 3.40. The SMILES string of the molecule is CCC1CCc2ccccc2N1CC(O)Cn1cc([N+](=O)[O-])cn1. The summed E-state index contributed by atoms with van der Waals surface area (Å²) in [7, 11) is 0. The zero-order valence-electron chi connectivity index (χ0n) is 13.7. The van der Waals surface area contributed by atoms with E-state index in [2.05, 4.69) is 29.1 Å². The van der Waals surface area contributed by atoms with E-state index in [1.807, 2.05) is 12.1 Å². The van der Waals surface area contributed by atoms with Gasteiger partial charge in [-0.25, -0.2) is 0 Å². The van der Waals surface area contributed by atoms with Gasteiger partial charge in [0.05, 0.1) is 17.6 Å². The molecule has 24 heavy (non-hydrogen) atoms. The van der Waals surface area contributed by atoms with Gasteiger partial charge in [-0.3, -0.25) is 14.8 Å². The quantitative estimate of drug-likeness (QED) is 0.649. The molecule has 1 aromatic heterocycles. The molecule has 0 amide bonds. The van der Waals surface area contributed by atoms with Gasteiger partial charge < -0.3 is 10.0 Å². The molecule has 7 heteroatoms. The Morgan fingerprint density at radius 1 is 1.42 bits per heavy atom. The Kier molecular flexibility index (Phi) is 4.80. The Balaban J connectivity index is 1.72. The van der Waals surface area contributed by atoms with Gasteiger partial charge in [-0.05, 0) is 30.9 Å². The lowest BCUT2D eigenvalue weighted by Crippen LogP contribution is -2.44. The van der Waals surface area contributed by atoms with Crippen molar-refractivity contribution in [2.75, 3.05) is 11.4 Å². The van der Waals surface area contributed by atoms with Crippen molar-refractivity contribution in [3.8, 4) is 0 Å². The second kappa shape index (κ2) is 7.00. The number of para-hydroxylation sites is 1. The van der Waals surface area contributed by atoms with E-state index >= 15 is 0 Å². The summed E-state index contributed by atoms with van der Waals surface area (Å²) in [6, 6.07) is 8.71. The van der Waals surface area contributed by atoms with Crippen molar-refractivity contribution < 1.29 is 10.0 Å². The first-order valence-corrected chi connectivity index (χ1v) is 8.28. The highest BCUT2D eigenvalue weighted by Crippen LogP contribution is 2.31. The Bertz CT molecular complexity index is 715. The van der Waals surface area contributed by atoms with E-state index in [0.717, 1.165) is 19.3 Å². The van der Waals surface area contributed by atoms with Crippen molar-refractivity contribution in [3.05, 3.63) is 52.3 Å². The third-order valence-corrected chi connectivity index (χ3v) is 4.60. The van der Waals surface area contributed by atoms with E-state index in [1.165, 1.54) is 28.3 Å². The van der Waals surface area contributed by atoms with Crippen LogP contribution in [0.1, 0.15) is 25.3 Å². The standard InChI is InChI=1S/C17H22N4O3/c1-2-14-8-7-13-5-3-4-6-17(13)20(14)12-16(22)11-19-10-15(9-18-19)21(23)24/h3-6,9-10,14,16,22H,2,7-8,11-12H2,1H3. The number of aliphatic hydroxyl groups is 1. The van der Waals surface area contributed by atoms with E-state index in [1.54, 1.807) is 0 Å². The lowest BCUT2D eigenvalue weighted by Gasteiger charge is -2.39. The van der Waals surface area contributed by atoms with E-state index in [9.17, 15) is 15.2 Å². The van der Waals surface area contributed by atoms with Crippen LogP contribution in [0.3, 0.4) is 0 Å². The summed E-state index contributed by atoms with van der Waals surface area (Å²) in [4.78, 5) is 12.5. The Morgan fingerprint density at radius 3 is 2.92 bits per heavy atom. The molecule has 0 saturated carbocycles. The average Bonchev–Trinajstić information content (AvgIpc) is 3.04. The normalized spacial score (nSPS) is 18.2. The Morgan fingerprint density at radius 2 is 2.21 bits per heavy atom. The highest BCUT2D eigenvalue weighted by atomic mass is 16.6. The van der Waals surface area contributed by atoms with Crippen LogP contribution in [-0.2, 0) is 13.0 Å². The predicted octanol–water partition coefficient (Wildman–Crippen LogP) is 2.38. The maximum Gasteiger partial charge on any atom is 0.306 e. The fourth-order valence-electron chi connectivity index (χ4n) is 3.40. The first kappa shape index (κ1) is 16.4. The van der Waals surface area contributed by atoms with Gasteiger partial charge >= 0.3 is 5.69 Å². The summed E-state index contributed by atoms with van der Waals surface area (Å²) in [5, 5.41) is 25.1. The summed E-state index contributed by atoms with van der Waals surface area (Å²) >= 11 is 0. The Labute approximate surface area is 140 Å². The molecule has 1 aromatic carbocycles. The van der Waals surface area contributed by atoms with Crippen LogP contribution in [0.2, 0.25) is 0 Å². The number of nitro groups is 1. The molecule has 2 aromatic rings. The smallest absolute Gasteiger partial charge is 0.306 e. The summed E-state index contributed by atoms with van der Waals surface area (Å²) in [5.41, 5.74) is 2.43. The minimum atomic E-state index is -0.648. The molecular formula is C17H22N4O3. The molecule has 3 rings (SSSR count). The van der Waals surface area contributed by atoms with Crippen LogP contribution in [0.4, 0.5) is 11.4 Å². The Hall–Kier alpha value is -2.41. The molecule has 128 valence electrons. The van der Waals surface area contributed by atoms with Crippen molar-refractivity contribution in [3.63, 3.8) is 0 Å². The summed E-state index contributed by atoms with van der Waals surface area (Å²) in [6.07, 6.45) is 5.07. The van der Waals surface area contributed by atoms with Crippen LogP contribution in [0, 0.1) is 10.1 Å². The van der Waals surface area contributed by atoms with Crippen molar-refractivity contribution >= 4 is 11.4 Å². The lowest BCUT2D eigenvalue weighted by atomic mass is 9.94. The fraction of sp³-hybridized carbons (Fsp3) is 0.471. The van der Waals surface area contributed by atoms with Crippen LogP contribution in [-0.4, -0.2) is 38.5 Å². The van der Waals surface area contributed by atoms with Gasteiger partial charge in [-0.2, -0.15) is 5.10 Å². The van der Waals surface area contributed by atoms with Crippen molar-refractivity contribution in [1.82, 2.24) is 9.78 Å². The van der Waals surface area contributed by atoms with Crippen LogP contribution in [0.25, 0.3) is 0 Å². The van der Waals surface area contributed by atoms with Crippen molar-refractivity contribution in [2.45, 2.75) is 44.9 Å². The maximum absolute atomic E-state index is 10.7. The predicted molar refractivity (Wildman–Crippen MR) is 91.1 cm³/mol. The third-order valence-electron chi connectivity index (χ3n) is 4.60. The van der Waals surface area contributed by atoms with Gasteiger partial charge in [-0.1, -0.05) is 25.1 Å². The summed E-state index contributed by atoms with van der Waals surface area (Å²) < 4.78 is 1.43.